The zero-order chi connectivity index (χ0) is 39.3. The van der Waals surface area contributed by atoms with E-state index in [-0.39, 0.29) is 6.61 Å². The van der Waals surface area contributed by atoms with E-state index in [1.807, 2.05) is 68.9 Å². The largest absolute Gasteiger partial charge is 0.493 e. The van der Waals surface area contributed by atoms with Crippen LogP contribution in [0.4, 0.5) is 4.79 Å². The number of carbonyl (C=O) groups excluding carboxylic acids is 2. The topological polar surface area (TPSA) is 111 Å². The summed E-state index contributed by atoms with van der Waals surface area (Å²) < 4.78 is 25.2. The fourth-order valence-electron chi connectivity index (χ4n) is 7.53. The second kappa shape index (κ2) is 17.5. The molecule has 294 valence electrons. The van der Waals surface area contributed by atoms with E-state index in [9.17, 15) is 9.59 Å². The summed E-state index contributed by atoms with van der Waals surface area (Å²) in [6.45, 7) is 13.9. The van der Waals surface area contributed by atoms with Crippen LogP contribution in [-0.4, -0.2) is 95.3 Å². The van der Waals surface area contributed by atoms with Crippen molar-refractivity contribution in [3.8, 4) is 16.9 Å². The number of H-pyrrole nitrogens is 1. The van der Waals surface area contributed by atoms with Crippen LogP contribution >= 0.6 is 11.6 Å². The average Bonchev–Trinajstić information content (AvgIpc) is 3.69. The number of nitrogens with one attached hydrogen (secondary N) is 1. The van der Waals surface area contributed by atoms with Gasteiger partial charge in [0.15, 0.2) is 0 Å². The molecule has 1 N–H and O–H groups in total. The fraction of sp³-hybridized carbons (Fsp3) is 0.465. The highest BCUT2D eigenvalue weighted by molar-refractivity contribution is 6.35. The van der Waals surface area contributed by atoms with Gasteiger partial charge in [-0.05, 0) is 76.5 Å². The Morgan fingerprint density at radius 2 is 1.76 bits per heavy atom. The Kier molecular flexibility index (Phi) is 12.7. The lowest BCUT2D eigenvalue weighted by atomic mass is 9.93. The average molecular weight is 772 g/mol. The Morgan fingerprint density at radius 1 is 1.02 bits per heavy atom. The molecular weight excluding hydrogens is 718 g/mol. The van der Waals surface area contributed by atoms with Crippen LogP contribution in [0.1, 0.15) is 80.9 Å². The van der Waals surface area contributed by atoms with E-state index in [1.54, 1.807) is 18.9 Å². The number of benzene rings is 3. The summed E-state index contributed by atoms with van der Waals surface area (Å²) in [7, 11) is 3.70. The van der Waals surface area contributed by atoms with Crippen LogP contribution in [0.25, 0.3) is 32.8 Å². The molecule has 55 heavy (non-hydrogen) atoms. The van der Waals surface area contributed by atoms with Crippen molar-refractivity contribution in [3.05, 3.63) is 82.3 Å². The molecule has 0 spiro atoms. The first-order valence-corrected chi connectivity index (χ1v) is 19.7. The third-order valence-corrected chi connectivity index (χ3v) is 10.5. The van der Waals surface area contributed by atoms with Crippen LogP contribution in [0.2, 0.25) is 5.02 Å². The summed E-state index contributed by atoms with van der Waals surface area (Å²) in [4.78, 5) is 34.8. The van der Waals surface area contributed by atoms with E-state index in [4.69, 9.17) is 35.6 Å². The number of aromatic nitrogens is 3. The highest BCUT2D eigenvalue weighted by Crippen LogP contribution is 2.44. The van der Waals surface area contributed by atoms with Gasteiger partial charge in [0.1, 0.15) is 17.0 Å². The van der Waals surface area contributed by atoms with Crippen molar-refractivity contribution in [2.75, 3.05) is 53.1 Å². The number of hydrogen-bond donors (Lipinski definition) is 1. The van der Waals surface area contributed by atoms with Crippen LogP contribution in [0.3, 0.4) is 0 Å². The van der Waals surface area contributed by atoms with Gasteiger partial charge in [0.2, 0.25) is 0 Å². The van der Waals surface area contributed by atoms with E-state index in [1.165, 1.54) is 0 Å². The van der Waals surface area contributed by atoms with E-state index >= 15 is 0 Å². The van der Waals surface area contributed by atoms with Crippen LogP contribution in [-0.2, 0) is 34.1 Å². The Hall–Kier alpha value is -4.58. The van der Waals surface area contributed by atoms with Crippen molar-refractivity contribution >= 4 is 45.3 Å². The molecule has 1 unspecified atom stereocenters. The van der Waals surface area contributed by atoms with Gasteiger partial charge in [-0.25, -0.2) is 9.59 Å². The minimum absolute atomic E-state index is 0.236. The Bertz CT molecular complexity index is 2120. The molecule has 0 aliphatic carbocycles. The van der Waals surface area contributed by atoms with Crippen molar-refractivity contribution in [1.82, 2.24) is 24.6 Å². The molecule has 0 saturated carbocycles. The standard InChI is InChI=1S/C43H54ClN5O6/c1-8-33-37(40(46-48(33)7)34(21-22-49-23-26-52-27-24-49)47(6)42(51)55-43(3,4)5)36-32(44)20-19-31-30(39(45-38(31)36)41(50)53-9-2)17-13-25-54-35-18-12-15-28-14-10-11-16-29(28)35/h10-12,14-16,18-20,34,45H,8-9,13,17,21-27H2,1-7H3. The normalized spacial score (nSPS) is 14.3. The van der Waals surface area contributed by atoms with Crippen molar-refractivity contribution in [3.63, 3.8) is 0 Å². The fourth-order valence-corrected chi connectivity index (χ4v) is 7.78. The van der Waals surface area contributed by atoms with Crippen LogP contribution in [0.5, 0.6) is 5.75 Å². The van der Waals surface area contributed by atoms with Crippen molar-refractivity contribution in [2.24, 2.45) is 7.05 Å². The number of ether oxygens (including phenoxy) is 4. The summed E-state index contributed by atoms with van der Waals surface area (Å²) in [6, 6.07) is 17.6. The zero-order valence-corrected chi connectivity index (χ0v) is 33.9. The summed E-state index contributed by atoms with van der Waals surface area (Å²) in [6.07, 6.45) is 2.04. The first-order valence-electron chi connectivity index (χ1n) is 19.3. The van der Waals surface area contributed by atoms with Gasteiger partial charge in [-0.2, -0.15) is 5.10 Å². The van der Waals surface area contributed by atoms with E-state index in [0.29, 0.717) is 61.9 Å². The SMILES string of the molecule is CCOC(=O)c1[nH]c2c(-c3c(C(CCN4CCOCC4)N(C)C(=O)OC(C)(C)C)nn(C)c3CC)c(Cl)ccc2c1CCCOc1cccc2ccccc12. The lowest BCUT2D eigenvalue weighted by molar-refractivity contribution is 0.0148. The molecule has 0 radical (unpaired) electrons. The second-order valence-electron chi connectivity index (χ2n) is 15.0. The van der Waals surface area contributed by atoms with Gasteiger partial charge in [0.25, 0.3) is 0 Å². The quantitative estimate of drug-likeness (QED) is 0.0882. The number of rotatable bonds is 14. The maximum Gasteiger partial charge on any atom is 0.410 e. The van der Waals surface area contributed by atoms with Gasteiger partial charge in [-0.1, -0.05) is 61.0 Å². The van der Waals surface area contributed by atoms with Gasteiger partial charge >= 0.3 is 12.1 Å². The highest BCUT2D eigenvalue weighted by Gasteiger charge is 2.34. The van der Waals surface area contributed by atoms with E-state index < -0.39 is 23.7 Å². The van der Waals surface area contributed by atoms with Crippen molar-refractivity contribution in [1.29, 1.82) is 0 Å². The molecule has 6 rings (SSSR count). The van der Waals surface area contributed by atoms with E-state index in [2.05, 4.69) is 35.0 Å². The number of esters is 1. The number of amides is 1. The number of aryl methyl sites for hydroxylation is 2. The minimum Gasteiger partial charge on any atom is -0.493 e. The lowest BCUT2D eigenvalue weighted by Crippen LogP contribution is -2.41. The predicted molar refractivity (Wildman–Crippen MR) is 217 cm³/mol. The smallest absolute Gasteiger partial charge is 0.410 e. The number of carbonyl (C=O) groups is 2. The molecule has 1 saturated heterocycles. The molecule has 1 aliphatic rings. The molecule has 1 fully saturated rings. The maximum atomic E-state index is 13.7. The first-order chi connectivity index (χ1) is 26.4. The predicted octanol–water partition coefficient (Wildman–Crippen LogP) is 8.76. The second-order valence-corrected chi connectivity index (χ2v) is 15.4. The Labute approximate surface area is 328 Å². The molecule has 3 heterocycles. The zero-order valence-electron chi connectivity index (χ0n) is 33.2. The molecule has 11 nitrogen and oxygen atoms in total. The molecule has 3 aromatic carbocycles. The third kappa shape index (κ3) is 8.95. The molecule has 1 atom stereocenters. The lowest BCUT2D eigenvalue weighted by Gasteiger charge is -2.33. The van der Waals surface area contributed by atoms with Crippen LogP contribution < -0.4 is 4.74 Å². The number of halogens is 1. The maximum absolute atomic E-state index is 13.7. The Morgan fingerprint density at radius 3 is 2.49 bits per heavy atom. The molecule has 1 amide bonds. The molecular formula is C43H54ClN5O6. The van der Waals surface area contributed by atoms with Gasteiger partial charge in [0, 0.05) is 61.3 Å². The molecule has 1 aliphatic heterocycles. The number of aromatic amines is 1. The molecule has 12 heteroatoms. The summed E-state index contributed by atoms with van der Waals surface area (Å²) in [5.41, 5.74) is 4.51. The third-order valence-electron chi connectivity index (χ3n) is 10.2. The minimum atomic E-state index is -0.680. The summed E-state index contributed by atoms with van der Waals surface area (Å²) in [5.74, 6) is 0.397. The van der Waals surface area contributed by atoms with E-state index in [0.717, 1.165) is 69.4 Å². The van der Waals surface area contributed by atoms with Crippen LogP contribution in [0.15, 0.2) is 54.6 Å². The van der Waals surface area contributed by atoms with Gasteiger partial charge in [0.05, 0.1) is 48.7 Å². The number of morpholine rings is 1. The highest BCUT2D eigenvalue weighted by atomic mass is 35.5. The summed E-state index contributed by atoms with van der Waals surface area (Å²) >= 11 is 7.20. The first kappa shape index (κ1) is 40.1. The number of hydrogen-bond acceptors (Lipinski definition) is 8. The molecule has 5 aromatic rings. The molecule has 2 aromatic heterocycles. The van der Waals surface area contributed by atoms with Crippen LogP contribution in [0, 0.1) is 0 Å². The number of fused-ring (bicyclic) bond motifs is 2. The van der Waals surface area contributed by atoms with Gasteiger partial charge < -0.3 is 28.8 Å². The van der Waals surface area contributed by atoms with Gasteiger partial charge in [-0.3, -0.25) is 9.58 Å². The number of nitrogens with zero attached hydrogens (tertiary/aromatic N) is 4. The Balaban J connectivity index is 1.41. The monoisotopic (exact) mass is 771 g/mol. The van der Waals surface area contributed by atoms with Crippen molar-refractivity contribution < 1.29 is 28.5 Å². The van der Waals surface area contributed by atoms with Crippen molar-refractivity contribution in [2.45, 2.75) is 71.9 Å². The summed E-state index contributed by atoms with van der Waals surface area (Å²) in [5, 5.41) is 8.67. The molecule has 0 bridgehead atoms. The van der Waals surface area contributed by atoms with Gasteiger partial charge in [-0.15, -0.1) is 0 Å².